The summed E-state index contributed by atoms with van der Waals surface area (Å²) in [5.41, 5.74) is 7.34. The van der Waals surface area contributed by atoms with Crippen LogP contribution in [0.25, 0.3) is 10.4 Å². The van der Waals surface area contributed by atoms with Crippen LogP contribution in [0.1, 0.15) is 20.3 Å². The van der Waals surface area contributed by atoms with Gasteiger partial charge < -0.3 is 14.8 Å². The Kier molecular flexibility index (Phi) is 8.13. The van der Waals surface area contributed by atoms with Crippen LogP contribution in [-0.2, 0) is 14.3 Å². The van der Waals surface area contributed by atoms with Crippen molar-refractivity contribution in [1.82, 2.24) is 5.32 Å². The first-order chi connectivity index (χ1) is 8.10. The summed E-state index contributed by atoms with van der Waals surface area (Å²) in [5.74, 6) is -0.321. The largest absolute Gasteiger partial charge is 0.465 e. The predicted molar refractivity (Wildman–Crippen MR) is 63.5 cm³/mol. The number of nitrogens with zero attached hydrogens (tertiary/aromatic N) is 3. The van der Waals surface area contributed by atoms with Crippen LogP contribution in [0, 0.1) is 0 Å². The van der Waals surface area contributed by atoms with Crippen LogP contribution < -0.4 is 5.32 Å². The summed E-state index contributed by atoms with van der Waals surface area (Å²) < 4.78 is 9.96. The fourth-order valence-corrected chi connectivity index (χ4v) is 1.29. The molecule has 1 N–H and O–H groups in total. The quantitative estimate of drug-likeness (QED) is 0.217. The zero-order valence-corrected chi connectivity index (χ0v) is 10.6. The fraction of sp³-hybridized carbons (Fsp3) is 0.900. The minimum atomic E-state index is -0.809. The van der Waals surface area contributed by atoms with Crippen molar-refractivity contribution in [2.45, 2.75) is 25.8 Å². The van der Waals surface area contributed by atoms with E-state index < -0.39 is 5.54 Å². The minimum absolute atomic E-state index is 0.290. The lowest BCUT2D eigenvalue weighted by Gasteiger charge is -2.28. The monoisotopic (exact) mass is 244 g/mol. The first-order valence-electron chi connectivity index (χ1n) is 5.52. The van der Waals surface area contributed by atoms with Crippen molar-refractivity contribution < 1.29 is 14.3 Å². The summed E-state index contributed by atoms with van der Waals surface area (Å²) in [6, 6.07) is 0. The Bertz CT molecular complexity index is 279. The van der Waals surface area contributed by atoms with Gasteiger partial charge in [-0.1, -0.05) is 5.11 Å². The molecular weight excluding hydrogens is 224 g/mol. The van der Waals surface area contributed by atoms with Crippen LogP contribution in [-0.4, -0.2) is 44.9 Å². The third-order valence-electron chi connectivity index (χ3n) is 2.32. The number of hydrogen-bond acceptors (Lipinski definition) is 5. The Morgan fingerprint density at radius 2 is 2.29 bits per heavy atom. The summed E-state index contributed by atoms with van der Waals surface area (Å²) in [6.45, 7) is 5.00. The number of azide groups is 1. The highest BCUT2D eigenvalue weighted by Crippen LogP contribution is 2.12. The molecule has 1 atom stereocenters. The maximum atomic E-state index is 11.8. The van der Waals surface area contributed by atoms with E-state index in [9.17, 15) is 4.79 Å². The van der Waals surface area contributed by atoms with Gasteiger partial charge in [0.2, 0.25) is 0 Å². The van der Waals surface area contributed by atoms with Gasteiger partial charge in [0.1, 0.15) is 5.54 Å². The molecule has 98 valence electrons. The van der Waals surface area contributed by atoms with Gasteiger partial charge in [0.15, 0.2) is 0 Å². The molecule has 0 saturated carbocycles. The summed E-state index contributed by atoms with van der Waals surface area (Å²) in [6.07, 6.45) is 0.499. The molecule has 7 heteroatoms. The van der Waals surface area contributed by atoms with E-state index in [1.807, 2.05) is 0 Å². The second-order valence-electron chi connectivity index (χ2n) is 3.68. The van der Waals surface area contributed by atoms with Crippen molar-refractivity contribution in [2.75, 3.05) is 33.4 Å². The normalized spacial score (nSPS) is 13.6. The Hall–Kier alpha value is -1.30. The lowest BCUT2D eigenvalue weighted by Crippen LogP contribution is -2.52. The minimum Gasteiger partial charge on any atom is -0.465 e. The summed E-state index contributed by atoms with van der Waals surface area (Å²) in [5, 5.41) is 6.43. The molecule has 1 unspecified atom stereocenters. The summed E-state index contributed by atoms with van der Waals surface area (Å²) in [7, 11) is 1.57. The molecule has 17 heavy (non-hydrogen) atoms. The molecule has 0 fully saturated rings. The Balaban J connectivity index is 4.36. The Labute approximate surface area is 101 Å². The molecule has 0 rings (SSSR count). The van der Waals surface area contributed by atoms with Crippen molar-refractivity contribution in [3.8, 4) is 0 Å². The number of hydrogen-bond donors (Lipinski definition) is 1. The zero-order chi connectivity index (χ0) is 13.1. The first-order valence-corrected chi connectivity index (χ1v) is 5.52. The Morgan fingerprint density at radius 3 is 2.82 bits per heavy atom. The molecule has 0 aromatic heterocycles. The highest BCUT2D eigenvalue weighted by molar-refractivity contribution is 5.80. The Morgan fingerprint density at radius 1 is 1.59 bits per heavy atom. The van der Waals surface area contributed by atoms with Crippen molar-refractivity contribution in [2.24, 2.45) is 5.11 Å². The van der Waals surface area contributed by atoms with Crippen LogP contribution in [0.4, 0.5) is 0 Å². The van der Waals surface area contributed by atoms with E-state index in [2.05, 4.69) is 15.3 Å². The molecule has 0 aromatic rings. The van der Waals surface area contributed by atoms with E-state index in [4.69, 9.17) is 15.0 Å². The maximum absolute atomic E-state index is 11.8. The van der Waals surface area contributed by atoms with Crippen LogP contribution in [0.15, 0.2) is 5.11 Å². The average Bonchev–Trinajstić information content (AvgIpc) is 2.32. The average molecular weight is 244 g/mol. The molecule has 7 nitrogen and oxygen atoms in total. The fourth-order valence-electron chi connectivity index (χ4n) is 1.29. The maximum Gasteiger partial charge on any atom is 0.326 e. The molecule has 0 aromatic carbocycles. The van der Waals surface area contributed by atoms with E-state index in [0.717, 1.165) is 0 Å². The highest BCUT2D eigenvalue weighted by Gasteiger charge is 2.33. The lowest BCUT2D eigenvalue weighted by molar-refractivity contribution is -0.151. The van der Waals surface area contributed by atoms with Crippen molar-refractivity contribution in [3.05, 3.63) is 10.4 Å². The van der Waals surface area contributed by atoms with E-state index in [1.54, 1.807) is 21.0 Å². The van der Waals surface area contributed by atoms with E-state index in [-0.39, 0.29) is 5.97 Å². The number of nitrogens with one attached hydrogen (secondary N) is 1. The number of methoxy groups -OCH3 is 1. The molecule has 0 amide bonds. The van der Waals surface area contributed by atoms with Crippen LogP contribution in [0.2, 0.25) is 0 Å². The number of ether oxygens (including phenoxy) is 2. The van der Waals surface area contributed by atoms with Gasteiger partial charge in [0.05, 0.1) is 6.61 Å². The first kappa shape index (κ1) is 15.7. The number of carbonyl (C=O) groups is 1. The van der Waals surface area contributed by atoms with Gasteiger partial charge in [-0.15, -0.1) is 0 Å². The third-order valence-corrected chi connectivity index (χ3v) is 2.32. The van der Waals surface area contributed by atoms with Gasteiger partial charge in [0.25, 0.3) is 0 Å². The number of rotatable bonds is 9. The zero-order valence-electron chi connectivity index (χ0n) is 10.6. The number of esters is 1. The second kappa shape index (κ2) is 8.81. The van der Waals surface area contributed by atoms with Crippen LogP contribution >= 0.6 is 0 Å². The third kappa shape index (κ3) is 6.11. The van der Waals surface area contributed by atoms with Crippen molar-refractivity contribution in [3.63, 3.8) is 0 Å². The topological polar surface area (TPSA) is 96.3 Å². The lowest BCUT2D eigenvalue weighted by atomic mass is 9.98. The van der Waals surface area contributed by atoms with Crippen LogP contribution in [0.3, 0.4) is 0 Å². The van der Waals surface area contributed by atoms with E-state index >= 15 is 0 Å². The molecule has 0 spiro atoms. The van der Waals surface area contributed by atoms with E-state index in [1.165, 1.54) is 0 Å². The van der Waals surface area contributed by atoms with Crippen molar-refractivity contribution in [1.29, 1.82) is 0 Å². The summed E-state index contributed by atoms with van der Waals surface area (Å²) >= 11 is 0. The van der Waals surface area contributed by atoms with Gasteiger partial charge in [0, 0.05) is 31.7 Å². The van der Waals surface area contributed by atoms with E-state index in [0.29, 0.717) is 32.7 Å². The van der Waals surface area contributed by atoms with Crippen LogP contribution in [0.5, 0.6) is 0 Å². The second-order valence-corrected chi connectivity index (χ2v) is 3.68. The highest BCUT2D eigenvalue weighted by atomic mass is 16.5. The molecule has 0 radical (unpaired) electrons. The van der Waals surface area contributed by atoms with Gasteiger partial charge in [-0.3, -0.25) is 4.79 Å². The molecule has 0 heterocycles. The SMILES string of the molecule is CCOC(=O)C(C)(CCOC)NCCN=[N+]=[N-]. The van der Waals surface area contributed by atoms with Gasteiger partial charge >= 0.3 is 5.97 Å². The van der Waals surface area contributed by atoms with Gasteiger partial charge in [-0.05, 0) is 25.8 Å². The van der Waals surface area contributed by atoms with Gasteiger partial charge in [-0.2, -0.15) is 0 Å². The molecule has 0 aliphatic rings. The van der Waals surface area contributed by atoms with Gasteiger partial charge in [-0.25, -0.2) is 0 Å². The predicted octanol–water partition coefficient (Wildman–Crippen LogP) is 1.24. The number of carbonyl (C=O) groups excluding carboxylic acids is 1. The molecule has 0 saturated heterocycles. The molecule has 0 bridgehead atoms. The van der Waals surface area contributed by atoms with Crippen molar-refractivity contribution >= 4 is 5.97 Å². The standard InChI is InChI=1S/C10H20N4O3/c1-4-17-9(15)10(2,5-8-16-3)12-6-7-13-14-11/h12H,4-8H2,1-3H3. The smallest absolute Gasteiger partial charge is 0.326 e. The summed E-state index contributed by atoms with van der Waals surface area (Å²) in [4.78, 5) is 14.4. The molecular formula is C10H20N4O3. The molecule has 0 aliphatic heterocycles. The molecule has 0 aliphatic carbocycles.